The summed E-state index contributed by atoms with van der Waals surface area (Å²) in [5.41, 5.74) is -1.79. The Kier molecular flexibility index (Phi) is 7.07. The maximum atomic E-state index is 14.7. The second-order valence-corrected chi connectivity index (χ2v) is 8.67. The fourth-order valence-electron chi connectivity index (χ4n) is 4.18. The zero-order chi connectivity index (χ0) is 26.8. The minimum Gasteiger partial charge on any atom is -0.494 e. The summed E-state index contributed by atoms with van der Waals surface area (Å²) in [5, 5.41) is 16.4. The fourth-order valence-corrected chi connectivity index (χ4v) is 4.18. The summed E-state index contributed by atoms with van der Waals surface area (Å²) in [4.78, 5) is 13.2. The van der Waals surface area contributed by atoms with Gasteiger partial charge in [-0.2, -0.15) is 26.3 Å². The largest absolute Gasteiger partial charge is 0.494 e. The van der Waals surface area contributed by atoms with E-state index in [4.69, 9.17) is 4.74 Å². The van der Waals surface area contributed by atoms with Crippen LogP contribution in [0.5, 0.6) is 5.75 Å². The van der Waals surface area contributed by atoms with Crippen molar-refractivity contribution in [1.29, 1.82) is 0 Å². The maximum absolute atomic E-state index is 14.7. The van der Waals surface area contributed by atoms with Gasteiger partial charge in [0.15, 0.2) is 5.54 Å². The van der Waals surface area contributed by atoms with Crippen molar-refractivity contribution < 1.29 is 35.9 Å². The van der Waals surface area contributed by atoms with Gasteiger partial charge in [-0.05, 0) is 52.6 Å². The zero-order valence-electron chi connectivity index (χ0n) is 19.4. The summed E-state index contributed by atoms with van der Waals surface area (Å²) >= 11 is 0. The van der Waals surface area contributed by atoms with Crippen LogP contribution in [0.1, 0.15) is 36.0 Å². The Morgan fingerprint density at radius 3 is 2.16 bits per heavy atom. The van der Waals surface area contributed by atoms with Crippen molar-refractivity contribution in [2.24, 2.45) is 20.7 Å². The molecule has 1 N–H and O–H groups in total. The normalized spacial score (nSPS) is 20.5. The number of halogens is 6. The third-order valence-electron chi connectivity index (χ3n) is 6.06. The molecular weight excluding hydrogens is 504 g/mol. The molecule has 0 aromatic heterocycles. The number of rotatable bonds is 7. The van der Waals surface area contributed by atoms with E-state index < -0.39 is 42.8 Å². The van der Waals surface area contributed by atoms with Gasteiger partial charge in [-0.15, -0.1) is 10.2 Å². The Morgan fingerprint density at radius 2 is 1.59 bits per heavy atom. The smallest absolute Gasteiger partial charge is 0.416 e. The molecule has 0 radical (unpaired) electrons. The van der Waals surface area contributed by atoms with E-state index in [2.05, 4.69) is 26.0 Å². The van der Waals surface area contributed by atoms with E-state index in [-0.39, 0.29) is 35.5 Å². The molecule has 2 aliphatic heterocycles. The lowest BCUT2D eigenvalue weighted by molar-refractivity contribution is -0.201. The highest BCUT2D eigenvalue weighted by Gasteiger charge is 2.60. The second kappa shape index (κ2) is 9.94. The highest BCUT2D eigenvalue weighted by molar-refractivity contribution is 6.05. The average molecular weight is 525 g/mol. The third kappa shape index (κ3) is 5.65. The number of ether oxygens (including phenoxy) is 1. The van der Waals surface area contributed by atoms with Crippen molar-refractivity contribution >= 4 is 11.5 Å². The molecule has 1 amide bonds. The zero-order valence-corrected chi connectivity index (χ0v) is 19.4. The first kappa shape index (κ1) is 26.3. The van der Waals surface area contributed by atoms with Gasteiger partial charge in [0.05, 0.1) is 12.2 Å². The molecule has 1 atom stereocenters. The van der Waals surface area contributed by atoms with E-state index in [1.54, 1.807) is 24.3 Å². The Labute approximate surface area is 207 Å². The van der Waals surface area contributed by atoms with Crippen LogP contribution in [0.2, 0.25) is 0 Å². The van der Waals surface area contributed by atoms with Gasteiger partial charge in [-0.25, -0.2) is 0 Å². The van der Waals surface area contributed by atoms with E-state index >= 15 is 0 Å². The van der Waals surface area contributed by atoms with E-state index in [0.29, 0.717) is 5.56 Å². The lowest BCUT2D eigenvalue weighted by Gasteiger charge is -2.41. The summed E-state index contributed by atoms with van der Waals surface area (Å²) in [5.74, 6) is -0.913. The number of benzene rings is 2. The van der Waals surface area contributed by atoms with Crippen molar-refractivity contribution in [2.45, 2.75) is 50.2 Å². The summed E-state index contributed by atoms with van der Waals surface area (Å²) in [6.07, 6.45) is -12.4. The summed E-state index contributed by atoms with van der Waals surface area (Å²) in [6.45, 7) is 1.56. The predicted octanol–water partition coefficient (Wildman–Crippen LogP) is 6.61. The summed E-state index contributed by atoms with van der Waals surface area (Å²) in [7, 11) is 0. The van der Waals surface area contributed by atoms with E-state index in [1.807, 2.05) is 6.92 Å². The van der Waals surface area contributed by atoms with Gasteiger partial charge in [-0.1, -0.05) is 42.0 Å². The topological polar surface area (TPSA) is 87.8 Å². The number of alkyl halides is 6. The lowest BCUT2D eigenvalue weighted by atomic mass is 9.76. The van der Waals surface area contributed by atoms with Crippen LogP contribution >= 0.6 is 0 Å². The Bertz CT molecular complexity index is 1220. The number of carbonyl (C=O) groups is 1. The molecule has 2 heterocycles. The molecule has 37 heavy (non-hydrogen) atoms. The molecule has 0 fully saturated rings. The highest BCUT2D eigenvalue weighted by Crippen LogP contribution is 2.49. The van der Waals surface area contributed by atoms with Crippen LogP contribution in [-0.4, -0.2) is 31.0 Å². The van der Waals surface area contributed by atoms with Crippen LogP contribution in [0.15, 0.2) is 74.8 Å². The quantitative estimate of drug-likeness (QED) is 0.326. The molecule has 1 unspecified atom stereocenters. The van der Waals surface area contributed by atoms with Crippen LogP contribution in [-0.2, 0) is 10.3 Å². The number of hydrogen-bond donors (Lipinski definition) is 1. The van der Waals surface area contributed by atoms with Gasteiger partial charge in [0.25, 0.3) is 5.91 Å². The molecule has 0 saturated heterocycles. The number of nitrogens with zero attached hydrogens (tertiary/aromatic N) is 4. The molecule has 196 valence electrons. The summed E-state index contributed by atoms with van der Waals surface area (Å²) < 4.78 is 86.3. The van der Waals surface area contributed by atoms with Crippen molar-refractivity contribution in [1.82, 2.24) is 5.32 Å². The van der Waals surface area contributed by atoms with Crippen LogP contribution in [0, 0.1) is 6.92 Å². The van der Waals surface area contributed by atoms with Crippen LogP contribution < -0.4 is 10.1 Å². The fraction of sp³-hybridized carbons (Fsp3) is 0.375. The summed E-state index contributed by atoms with van der Waals surface area (Å²) in [6, 6.07) is 11.4. The minimum absolute atomic E-state index is 0.0849. The van der Waals surface area contributed by atoms with Crippen LogP contribution in [0.3, 0.4) is 0 Å². The Balaban J connectivity index is 1.69. The van der Waals surface area contributed by atoms with E-state index in [1.165, 1.54) is 12.1 Å². The lowest BCUT2D eigenvalue weighted by Crippen LogP contribution is -2.59. The van der Waals surface area contributed by atoms with Crippen molar-refractivity contribution in [3.8, 4) is 5.75 Å². The molecule has 0 bridgehead atoms. The van der Waals surface area contributed by atoms with Gasteiger partial charge >= 0.3 is 12.4 Å². The van der Waals surface area contributed by atoms with Crippen molar-refractivity contribution in [2.75, 3.05) is 6.61 Å². The van der Waals surface area contributed by atoms with Gasteiger partial charge in [0.2, 0.25) is 6.17 Å². The SMILES string of the molecule is Cc1ccc(C2=C(C3N=NN=N3)C(=O)NC(c3ccc(OCCCC(F)(F)F)cc3)(C(F)(F)F)C2)cc1. The first-order valence-electron chi connectivity index (χ1n) is 11.2. The van der Waals surface area contributed by atoms with Crippen LogP contribution in [0.25, 0.3) is 5.57 Å². The maximum Gasteiger partial charge on any atom is 0.416 e. The van der Waals surface area contributed by atoms with Gasteiger partial charge in [0.1, 0.15) is 5.75 Å². The predicted molar refractivity (Wildman–Crippen MR) is 119 cm³/mol. The third-order valence-corrected chi connectivity index (χ3v) is 6.06. The van der Waals surface area contributed by atoms with E-state index in [9.17, 15) is 31.1 Å². The molecule has 0 spiro atoms. The average Bonchev–Trinajstić information content (AvgIpc) is 3.35. The monoisotopic (exact) mass is 525 g/mol. The van der Waals surface area contributed by atoms with Gasteiger partial charge in [-0.3, -0.25) is 4.79 Å². The van der Waals surface area contributed by atoms with Crippen molar-refractivity contribution in [3.05, 3.63) is 70.8 Å². The highest BCUT2D eigenvalue weighted by atomic mass is 19.4. The Hall–Kier alpha value is -3.77. The molecule has 4 rings (SSSR count). The second-order valence-electron chi connectivity index (χ2n) is 8.67. The number of nitrogens with one attached hydrogen (secondary N) is 1. The first-order valence-corrected chi connectivity index (χ1v) is 11.2. The van der Waals surface area contributed by atoms with Gasteiger partial charge in [0, 0.05) is 12.8 Å². The van der Waals surface area contributed by atoms with E-state index in [0.717, 1.165) is 17.7 Å². The Morgan fingerprint density at radius 1 is 0.973 bits per heavy atom. The number of amides is 1. The molecule has 0 aliphatic carbocycles. The van der Waals surface area contributed by atoms with Crippen molar-refractivity contribution in [3.63, 3.8) is 0 Å². The first-order chi connectivity index (χ1) is 17.4. The number of aryl methyl sites for hydroxylation is 1. The van der Waals surface area contributed by atoms with Crippen LogP contribution in [0.4, 0.5) is 26.3 Å². The number of carbonyl (C=O) groups excluding carboxylic acids is 1. The number of hydrogen-bond acceptors (Lipinski definition) is 6. The molecule has 0 saturated carbocycles. The molecule has 13 heteroatoms. The molecular formula is C24H21F6N5O2. The molecule has 2 aromatic rings. The molecule has 2 aromatic carbocycles. The molecule has 2 aliphatic rings. The standard InChI is InChI=1S/C24H21F6N5O2/c1-14-3-5-15(6-4-14)18-13-22(24(28,29)30,31-21(36)19(18)20-32-34-35-33-20)16-7-9-17(10-8-16)37-12-2-11-23(25,26)27/h3-10,20H,2,11-13H2,1H3,(H,31,36). The minimum atomic E-state index is -4.92. The van der Waals surface area contributed by atoms with Gasteiger partial charge < -0.3 is 10.1 Å². The molecule has 7 nitrogen and oxygen atoms in total.